The first-order valence-corrected chi connectivity index (χ1v) is 7.94. The summed E-state index contributed by atoms with van der Waals surface area (Å²) in [5.74, 6) is 0.436. The van der Waals surface area contributed by atoms with Crippen molar-refractivity contribution in [2.75, 3.05) is 0 Å². The van der Waals surface area contributed by atoms with Gasteiger partial charge in [-0.25, -0.2) is 9.97 Å². The van der Waals surface area contributed by atoms with Gasteiger partial charge < -0.3 is 4.52 Å². The molecule has 3 aromatic rings. The number of hydrogen-bond acceptors (Lipinski definition) is 7. The van der Waals surface area contributed by atoms with Crippen molar-refractivity contribution in [3.63, 3.8) is 0 Å². The van der Waals surface area contributed by atoms with E-state index >= 15 is 0 Å². The van der Waals surface area contributed by atoms with Crippen LogP contribution in [0.2, 0.25) is 0 Å². The third-order valence-electron chi connectivity index (χ3n) is 3.19. The first-order chi connectivity index (χ1) is 11.8. The van der Waals surface area contributed by atoms with Crippen LogP contribution < -0.4 is 0 Å². The minimum absolute atomic E-state index is 0.0354. The summed E-state index contributed by atoms with van der Waals surface area (Å²) < 4.78 is 43.4. The van der Waals surface area contributed by atoms with Gasteiger partial charge in [-0.2, -0.15) is 23.4 Å². The van der Waals surface area contributed by atoms with Gasteiger partial charge in [0.1, 0.15) is 11.8 Å². The van der Waals surface area contributed by atoms with E-state index in [0.29, 0.717) is 5.69 Å². The standard InChI is InChI=1S/C15H10F3N5OS/c1-7(2)14-21-10(6-25-14)12-22-13(24-23-12)9-3-8(4-19)11(20-5-9)15(16,17)18/h3,5-7H,1-2H3. The van der Waals surface area contributed by atoms with Crippen LogP contribution in [0.15, 0.2) is 22.2 Å². The quantitative estimate of drug-likeness (QED) is 0.689. The molecule has 3 rings (SSSR count). The molecule has 0 unspecified atom stereocenters. The average molecular weight is 365 g/mol. The minimum Gasteiger partial charge on any atom is -0.333 e. The molecule has 3 heterocycles. The van der Waals surface area contributed by atoms with Crippen LogP contribution in [0, 0.1) is 11.3 Å². The van der Waals surface area contributed by atoms with Crippen LogP contribution in [0.5, 0.6) is 0 Å². The van der Waals surface area contributed by atoms with Crippen molar-refractivity contribution in [2.45, 2.75) is 25.9 Å². The molecular weight excluding hydrogens is 355 g/mol. The zero-order chi connectivity index (χ0) is 18.2. The number of nitrogens with zero attached hydrogens (tertiary/aromatic N) is 5. The van der Waals surface area contributed by atoms with Crippen molar-refractivity contribution < 1.29 is 17.7 Å². The lowest BCUT2D eigenvalue weighted by Gasteiger charge is -2.07. The van der Waals surface area contributed by atoms with E-state index in [1.807, 2.05) is 13.8 Å². The predicted molar refractivity (Wildman–Crippen MR) is 82.4 cm³/mol. The van der Waals surface area contributed by atoms with Crippen LogP contribution in [0.3, 0.4) is 0 Å². The van der Waals surface area contributed by atoms with E-state index in [2.05, 4.69) is 20.1 Å². The Morgan fingerprint density at radius 3 is 2.64 bits per heavy atom. The summed E-state index contributed by atoms with van der Waals surface area (Å²) in [5, 5.41) is 15.4. The lowest BCUT2D eigenvalue weighted by molar-refractivity contribution is -0.141. The highest BCUT2D eigenvalue weighted by Gasteiger charge is 2.36. The molecule has 0 N–H and O–H groups in total. The summed E-state index contributed by atoms with van der Waals surface area (Å²) >= 11 is 1.46. The largest absolute Gasteiger partial charge is 0.434 e. The van der Waals surface area contributed by atoms with E-state index < -0.39 is 17.4 Å². The Morgan fingerprint density at radius 1 is 1.28 bits per heavy atom. The van der Waals surface area contributed by atoms with E-state index in [1.165, 1.54) is 17.4 Å². The van der Waals surface area contributed by atoms with E-state index in [1.54, 1.807) is 5.38 Å². The Hall–Kier alpha value is -2.80. The van der Waals surface area contributed by atoms with Gasteiger partial charge in [-0.05, 0) is 6.07 Å². The maximum Gasteiger partial charge on any atom is 0.434 e. The number of halogens is 3. The highest BCUT2D eigenvalue weighted by atomic mass is 32.1. The predicted octanol–water partition coefficient (Wildman–Crippen LogP) is 4.27. The second-order valence-corrected chi connectivity index (χ2v) is 6.27. The highest BCUT2D eigenvalue weighted by Crippen LogP contribution is 2.32. The summed E-state index contributed by atoms with van der Waals surface area (Å²) in [6.45, 7) is 4.00. The smallest absolute Gasteiger partial charge is 0.333 e. The Balaban J connectivity index is 1.96. The molecule has 0 atom stereocenters. The Bertz CT molecular complexity index is 955. The topological polar surface area (TPSA) is 88.5 Å². The minimum atomic E-state index is -4.71. The molecule has 0 radical (unpaired) electrons. The summed E-state index contributed by atoms with van der Waals surface area (Å²) in [6, 6.07) is 2.51. The monoisotopic (exact) mass is 365 g/mol. The van der Waals surface area contributed by atoms with Crippen LogP contribution in [-0.2, 0) is 6.18 Å². The number of hydrogen-bond donors (Lipinski definition) is 0. The van der Waals surface area contributed by atoms with Gasteiger partial charge in [0.2, 0.25) is 5.82 Å². The van der Waals surface area contributed by atoms with Crippen molar-refractivity contribution >= 4 is 11.3 Å². The van der Waals surface area contributed by atoms with Gasteiger partial charge in [-0.1, -0.05) is 19.0 Å². The van der Waals surface area contributed by atoms with Crippen molar-refractivity contribution in [2.24, 2.45) is 0 Å². The fraction of sp³-hybridized carbons (Fsp3) is 0.267. The molecule has 0 aliphatic heterocycles. The maximum atomic E-state index is 12.8. The van der Waals surface area contributed by atoms with Gasteiger partial charge in [0.05, 0.1) is 16.1 Å². The van der Waals surface area contributed by atoms with Gasteiger partial charge in [-0.3, -0.25) is 0 Å². The average Bonchev–Trinajstić information content (AvgIpc) is 3.22. The Morgan fingerprint density at radius 2 is 2.04 bits per heavy atom. The number of rotatable bonds is 3. The van der Waals surface area contributed by atoms with Crippen LogP contribution in [-0.4, -0.2) is 20.1 Å². The summed E-state index contributed by atoms with van der Waals surface area (Å²) in [4.78, 5) is 11.8. The molecule has 0 saturated heterocycles. The second-order valence-electron chi connectivity index (χ2n) is 5.38. The Labute approximate surface area is 144 Å². The van der Waals surface area contributed by atoms with E-state index in [9.17, 15) is 13.2 Å². The van der Waals surface area contributed by atoms with Gasteiger partial charge in [0.25, 0.3) is 5.89 Å². The van der Waals surface area contributed by atoms with Crippen LogP contribution in [0.25, 0.3) is 23.0 Å². The second kappa shape index (κ2) is 6.25. The van der Waals surface area contributed by atoms with Crippen molar-refractivity contribution in [3.8, 4) is 29.0 Å². The normalized spacial score (nSPS) is 11.7. The maximum absolute atomic E-state index is 12.8. The van der Waals surface area contributed by atoms with E-state index in [-0.39, 0.29) is 23.2 Å². The molecule has 0 saturated carbocycles. The van der Waals surface area contributed by atoms with Crippen LogP contribution in [0.4, 0.5) is 13.2 Å². The number of alkyl halides is 3. The SMILES string of the molecule is CC(C)c1nc(-c2noc(-c3cnc(C(F)(F)F)c(C#N)c3)n2)cs1. The van der Waals surface area contributed by atoms with Gasteiger partial charge >= 0.3 is 6.18 Å². The summed E-state index contributed by atoms with van der Waals surface area (Å²) in [7, 11) is 0. The fourth-order valence-electron chi connectivity index (χ4n) is 1.99. The van der Waals surface area contributed by atoms with Gasteiger partial charge in [0.15, 0.2) is 5.69 Å². The molecule has 0 aliphatic rings. The molecule has 0 fully saturated rings. The molecule has 10 heteroatoms. The van der Waals surface area contributed by atoms with E-state index in [4.69, 9.17) is 9.78 Å². The molecular formula is C15H10F3N5OS. The molecule has 3 aromatic heterocycles. The summed E-state index contributed by atoms with van der Waals surface area (Å²) in [5.41, 5.74) is -1.22. The van der Waals surface area contributed by atoms with Gasteiger partial charge in [-0.15, -0.1) is 11.3 Å². The third-order valence-corrected chi connectivity index (χ3v) is 4.34. The van der Waals surface area contributed by atoms with Gasteiger partial charge in [0, 0.05) is 17.5 Å². The lowest BCUT2D eigenvalue weighted by Crippen LogP contribution is -2.10. The molecule has 0 aliphatic carbocycles. The molecule has 0 bridgehead atoms. The Kier molecular flexibility index (Phi) is 4.26. The number of nitriles is 1. The first kappa shape index (κ1) is 17.0. The zero-order valence-corrected chi connectivity index (χ0v) is 13.8. The van der Waals surface area contributed by atoms with Crippen molar-refractivity contribution in [1.82, 2.24) is 20.1 Å². The molecule has 0 aromatic carbocycles. The molecule has 0 spiro atoms. The summed E-state index contributed by atoms with van der Waals surface area (Å²) in [6.07, 6.45) is -3.76. The zero-order valence-electron chi connectivity index (χ0n) is 13.0. The first-order valence-electron chi connectivity index (χ1n) is 7.06. The van der Waals surface area contributed by atoms with Crippen molar-refractivity contribution in [3.05, 3.63) is 33.9 Å². The number of thiazole rings is 1. The van der Waals surface area contributed by atoms with Crippen molar-refractivity contribution in [1.29, 1.82) is 5.26 Å². The third kappa shape index (κ3) is 3.36. The van der Waals surface area contributed by atoms with Crippen LogP contribution >= 0.6 is 11.3 Å². The molecule has 6 nitrogen and oxygen atoms in total. The highest BCUT2D eigenvalue weighted by molar-refractivity contribution is 7.10. The molecule has 0 amide bonds. The molecule has 128 valence electrons. The fourth-order valence-corrected chi connectivity index (χ4v) is 2.81. The van der Waals surface area contributed by atoms with Crippen LogP contribution in [0.1, 0.15) is 36.0 Å². The lowest BCUT2D eigenvalue weighted by atomic mass is 10.1. The van der Waals surface area contributed by atoms with E-state index in [0.717, 1.165) is 17.3 Å². The number of aromatic nitrogens is 4. The molecule has 25 heavy (non-hydrogen) atoms. The number of pyridine rings is 1.